The number of hydrogen-bond donors (Lipinski definition) is 0. The molecule has 0 radical (unpaired) electrons. The molecule has 14 rings (SSSR count). The molecule has 0 aliphatic heterocycles. The topological polar surface area (TPSA) is 210 Å². The predicted molar refractivity (Wildman–Crippen MR) is 605 cm³/mol. The number of carbonyl (C=O) groups excluding carboxylic acids is 8. The van der Waals surface area contributed by atoms with Gasteiger partial charge in [0, 0.05) is 6.08 Å². The van der Waals surface area contributed by atoms with Gasteiger partial charge in [-0.2, -0.15) is 0 Å². The van der Waals surface area contributed by atoms with E-state index in [1.807, 2.05) is 197 Å². The van der Waals surface area contributed by atoms with Crippen molar-refractivity contribution in [2.45, 2.75) is 206 Å². The number of benzene rings is 13. The Labute approximate surface area is 883 Å². The maximum atomic E-state index is 12.6. The lowest BCUT2D eigenvalue weighted by atomic mass is 9.75. The molecule has 0 N–H and O–H groups in total. The minimum Gasteiger partial charge on any atom is -0.459 e. The van der Waals surface area contributed by atoms with E-state index in [0.29, 0.717) is 120 Å². The first-order valence-electron chi connectivity index (χ1n) is 51.8. The van der Waals surface area contributed by atoms with Gasteiger partial charge in [0.15, 0.2) is 0 Å². The molecule has 0 aromatic heterocycles. The summed E-state index contributed by atoms with van der Waals surface area (Å²) < 4.78 is 43.6. The fraction of sp³-hybridized carbons (Fsp3) is 0.278. The molecule has 7 unspecified atom stereocenters. The molecule has 149 heavy (non-hydrogen) atoms. The quantitative estimate of drug-likeness (QED) is 0.0153. The Morgan fingerprint density at radius 1 is 0.322 bits per heavy atom. The summed E-state index contributed by atoms with van der Waals surface area (Å²) >= 11 is 0. The predicted octanol–water partition coefficient (Wildman–Crippen LogP) is 33.3. The third-order valence-electron chi connectivity index (χ3n) is 26.1. The first kappa shape index (κ1) is 117. The minimum atomic E-state index is -0.541. The van der Waals surface area contributed by atoms with Crippen molar-refractivity contribution in [3.8, 4) is 56.8 Å². The zero-order chi connectivity index (χ0) is 108. The largest absolute Gasteiger partial charge is 0.459 e. The van der Waals surface area contributed by atoms with Crippen molar-refractivity contribution in [1.82, 2.24) is 0 Å². The molecule has 0 amide bonds. The van der Waals surface area contributed by atoms with E-state index in [-0.39, 0.29) is 36.1 Å². The van der Waals surface area contributed by atoms with Crippen molar-refractivity contribution in [2.75, 3.05) is 0 Å². The molecule has 7 atom stereocenters. The maximum Gasteiger partial charge on any atom is 0.343 e. The summed E-state index contributed by atoms with van der Waals surface area (Å²) in [4.78, 5) is 97.2. The van der Waals surface area contributed by atoms with E-state index >= 15 is 0 Å². The van der Waals surface area contributed by atoms with Crippen LogP contribution in [0.3, 0.4) is 0 Å². The Hall–Kier alpha value is -15.7. The summed E-state index contributed by atoms with van der Waals surface area (Å²) in [5, 5.41) is 0. The Bertz CT molecular complexity index is 6500. The first-order valence-corrected chi connectivity index (χ1v) is 51.8. The van der Waals surface area contributed by atoms with Crippen LogP contribution < -0.4 is 28.4 Å². The molecule has 0 spiro atoms. The van der Waals surface area contributed by atoms with Gasteiger partial charge in [0.05, 0.1) is 45.0 Å². The molecule has 1 aliphatic rings. The van der Waals surface area contributed by atoms with E-state index < -0.39 is 23.9 Å². The Kier molecular flexibility index (Phi) is 47.9. The zero-order valence-corrected chi connectivity index (χ0v) is 89.3. The van der Waals surface area contributed by atoms with E-state index in [9.17, 15) is 38.4 Å². The van der Waals surface area contributed by atoms with Crippen LogP contribution >= 0.6 is 0 Å². The van der Waals surface area contributed by atoms with Crippen molar-refractivity contribution in [1.29, 1.82) is 0 Å². The highest BCUT2D eigenvalue weighted by atomic mass is 16.6. The highest BCUT2D eigenvalue weighted by Gasteiger charge is 2.34. The number of rotatable bonds is 37. The molecule has 16 nitrogen and oxygen atoms in total. The van der Waals surface area contributed by atoms with Crippen LogP contribution in [0, 0.1) is 63.2 Å². The number of esters is 8. The fourth-order valence-corrected chi connectivity index (χ4v) is 16.1. The van der Waals surface area contributed by atoms with Crippen molar-refractivity contribution in [3.63, 3.8) is 0 Å². The van der Waals surface area contributed by atoms with Gasteiger partial charge >= 0.3 is 47.8 Å². The molecule has 0 saturated heterocycles. The fourth-order valence-electron chi connectivity index (χ4n) is 16.1. The minimum absolute atomic E-state index is 0.0320. The second-order valence-electron chi connectivity index (χ2n) is 38.6. The van der Waals surface area contributed by atoms with Crippen molar-refractivity contribution < 1.29 is 76.3 Å². The van der Waals surface area contributed by atoms with Crippen molar-refractivity contribution >= 4 is 72.1 Å². The van der Waals surface area contributed by atoms with Gasteiger partial charge in [0.25, 0.3) is 0 Å². The Balaban J connectivity index is 0.000000200. The third-order valence-corrected chi connectivity index (χ3v) is 26.1. The van der Waals surface area contributed by atoms with Gasteiger partial charge in [0.1, 0.15) is 40.6 Å². The number of aryl methyl sites for hydroxylation is 4. The average molecular weight is 2000 g/mol. The van der Waals surface area contributed by atoms with Gasteiger partial charge in [-0.05, 0) is 333 Å². The molecular formula is C133H146O16. The summed E-state index contributed by atoms with van der Waals surface area (Å²) in [5.41, 5.74) is 19.4. The highest BCUT2D eigenvalue weighted by molar-refractivity contribution is 5.96. The smallest absolute Gasteiger partial charge is 0.343 e. The SMILES string of the molecule is C=CC(=O)Oc1ccc(C(=O)Oc2ccc(CC(C)CC)cc2)cc1C.C=Cc1ccc(-c2ccc(C(=O)OC(C)CCCCCC)cc2)cc1.C=Cc1ccc(C(=O)Oc2ccc(-c3ccc(CC(C)CC)cc3)cc2)cc1.C=Cc1ccc(C(=O)Oc2ccc(C(=O)Oc3ccc(CC(C)CC)cc3)cc2C)cc1.C=Cc1ccc(C(=O)Oc2ccc(C)cc2)cc1.Cc1ccc(C(=O)OC2CC(C)CCC2C(C)C)cc1. The Morgan fingerprint density at radius 3 is 0.980 bits per heavy atom. The van der Waals surface area contributed by atoms with Gasteiger partial charge in [-0.15, -0.1) is 0 Å². The van der Waals surface area contributed by atoms with E-state index in [1.165, 1.54) is 55.2 Å². The standard InChI is InChI=1S/C28H28O4.C26H26O2.C23H28O2.C22H24O4.C18H26O2.C16H14O2/c1-5-19(3)17-22-9-14-25(15-10-22)31-28(30)24-13-16-26(20(4)18-24)32-27(29)23-11-7-21(6-2)8-12-23;1-4-19(3)18-21-8-10-22(11-9-21)23-14-16-25(17-15-23)28-26(27)24-12-6-20(5-2)7-13-24;1-4-6-7-8-9-18(3)25-23(24)22-16-14-21(15-17-22)20-12-10-19(5-2)11-13-20;1-5-15(3)13-17-7-10-19(11-8-17)25-22(24)18-9-12-20(16(4)14-18)26-21(23)6-2;1-12(2)16-10-7-14(4)11-17(16)20-18(19)15-8-5-13(3)6-9-15;1-3-13-6-8-14(9-7-13)16(17)18-15-10-4-12(2)5-11-15/h6-16,18-19H,2,5,17H2,1,3-4H3;5-17,19H,2,4,18H2,1,3H3;5,10-18H,2,4,6-9H2,1,3H3;6-12,14-15H,2,5,13H2,1,3-4H3;5-6,8-9,12,14,16-17H,7,10-11H2,1-4H3;3-11H,1H2,2H3. The van der Waals surface area contributed by atoms with Crippen LogP contribution in [0.1, 0.15) is 280 Å². The van der Waals surface area contributed by atoms with E-state index in [1.54, 1.807) is 129 Å². The monoisotopic (exact) mass is 2000 g/mol. The molecular weight excluding hydrogens is 1850 g/mol. The molecule has 0 bridgehead atoms. The second kappa shape index (κ2) is 61.1. The van der Waals surface area contributed by atoms with E-state index in [0.717, 1.165) is 113 Å². The van der Waals surface area contributed by atoms with Gasteiger partial charge in [-0.3, -0.25) is 0 Å². The van der Waals surface area contributed by atoms with Crippen LogP contribution in [0.2, 0.25) is 0 Å². The van der Waals surface area contributed by atoms with Gasteiger partial charge < -0.3 is 37.9 Å². The van der Waals surface area contributed by atoms with Crippen LogP contribution in [-0.4, -0.2) is 60.0 Å². The highest BCUT2D eigenvalue weighted by Crippen LogP contribution is 2.37. The zero-order valence-electron chi connectivity index (χ0n) is 89.3. The van der Waals surface area contributed by atoms with Crippen molar-refractivity contribution in [3.05, 3.63) is 442 Å². The molecule has 0 heterocycles. The molecule has 13 aromatic carbocycles. The van der Waals surface area contributed by atoms with E-state index in [4.69, 9.17) is 37.9 Å². The summed E-state index contributed by atoms with van der Waals surface area (Å²) in [7, 11) is 0. The lowest BCUT2D eigenvalue weighted by molar-refractivity contribution is -0.129. The van der Waals surface area contributed by atoms with Crippen LogP contribution in [0.25, 0.3) is 46.6 Å². The number of ether oxygens (including phenoxy) is 8. The van der Waals surface area contributed by atoms with Crippen LogP contribution in [0.5, 0.6) is 34.5 Å². The summed E-state index contributed by atoms with van der Waals surface area (Å²) in [5.74, 6) is 3.50. The number of unbranched alkanes of at least 4 members (excludes halogenated alkanes) is 3. The average Bonchev–Trinajstić information content (AvgIpc) is 1.000. The second-order valence-corrected chi connectivity index (χ2v) is 38.6. The number of hydrogen-bond acceptors (Lipinski definition) is 16. The molecule has 1 aliphatic carbocycles. The lowest BCUT2D eigenvalue weighted by Crippen LogP contribution is -2.35. The molecule has 1 fully saturated rings. The number of carbonyl (C=O) groups is 8. The molecule has 774 valence electrons. The summed E-state index contributed by atoms with van der Waals surface area (Å²) in [6, 6.07) is 93.2. The van der Waals surface area contributed by atoms with Crippen LogP contribution in [0.4, 0.5) is 0 Å². The van der Waals surface area contributed by atoms with Gasteiger partial charge in [-0.25, -0.2) is 38.4 Å². The molecule has 1 saturated carbocycles. The van der Waals surface area contributed by atoms with Crippen molar-refractivity contribution in [2.24, 2.45) is 35.5 Å². The normalized spacial score (nSPS) is 13.4. The first-order chi connectivity index (χ1) is 71.7. The third kappa shape index (κ3) is 39.2. The van der Waals surface area contributed by atoms with E-state index in [2.05, 4.69) is 139 Å². The lowest BCUT2D eigenvalue weighted by Gasteiger charge is -2.36. The molecule has 13 aromatic rings. The summed E-state index contributed by atoms with van der Waals surface area (Å²) in [6.45, 7) is 49.9. The molecule has 16 heteroatoms. The van der Waals surface area contributed by atoms with Gasteiger partial charge in [-0.1, -0.05) is 340 Å². The van der Waals surface area contributed by atoms with Crippen LogP contribution in [0.15, 0.2) is 342 Å². The maximum absolute atomic E-state index is 12.6. The van der Waals surface area contributed by atoms with Gasteiger partial charge in [0.2, 0.25) is 0 Å². The summed E-state index contributed by atoms with van der Waals surface area (Å²) in [6.07, 6.45) is 23.9. The van der Waals surface area contributed by atoms with Crippen LogP contribution in [-0.2, 0) is 33.5 Å². The Morgan fingerprint density at radius 2 is 0.617 bits per heavy atom.